The van der Waals surface area contributed by atoms with Gasteiger partial charge in [-0.15, -0.1) is 0 Å². The Labute approximate surface area is 182 Å². The van der Waals surface area contributed by atoms with Crippen molar-refractivity contribution in [3.63, 3.8) is 0 Å². The molecule has 1 aliphatic rings. The number of nitrogens with zero attached hydrogens (tertiary/aromatic N) is 3. The van der Waals surface area contributed by atoms with Crippen LogP contribution in [-0.4, -0.2) is 38.9 Å². The Bertz CT molecular complexity index is 1080. The summed E-state index contributed by atoms with van der Waals surface area (Å²) in [6.07, 6.45) is 4.27. The minimum atomic E-state index is -0.233. The molecule has 1 aliphatic carbocycles. The number of hydrogen-bond donors (Lipinski definition) is 1. The van der Waals surface area contributed by atoms with E-state index in [9.17, 15) is 9.59 Å². The molecule has 0 radical (unpaired) electrons. The van der Waals surface area contributed by atoms with Crippen molar-refractivity contribution >= 4 is 17.8 Å². The van der Waals surface area contributed by atoms with Gasteiger partial charge in [-0.3, -0.25) is 19.5 Å². The predicted octanol–water partition coefficient (Wildman–Crippen LogP) is 4.50. The minimum absolute atomic E-state index is 0.0138. The molecule has 2 aromatic carbocycles. The molecule has 0 unspecified atom stereocenters. The summed E-state index contributed by atoms with van der Waals surface area (Å²) in [6.45, 7) is 5.96. The Morgan fingerprint density at radius 2 is 1.65 bits per heavy atom. The number of benzene rings is 2. The fourth-order valence-electron chi connectivity index (χ4n) is 3.56. The van der Waals surface area contributed by atoms with E-state index in [-0.39, 0.29) is 24.4 Å². The number of aryl methyl sites for hydroxylation is 2. The van der Waals surface area contributed by atoms with Gasteiger partial charge in [0.2, 0.25) is 17.8 Å². The number of aromatic nitrogens is 2. The summed E-state index contributed by atoms with van der Waals surface area (Å²) in [5.41, 5.74) is 5.00. The number of hydrogen-bond acceptors (Lipinski definition) is 3. The van der Waals surface area contributed by atoms with Gasteiger partial charge in [0.05, 0.1) is 5.69 Å². The Kier molecular flexibility index (Phi) is 5.89. The number of rotatable bonds is 7. The summed E-state index contributed by atoms with van der Waals surface area (Å²) in [5, 5.41) is 2.94. The standard InChI is InChI=1S/C25H28N4O2/c1-4-24(31)28(20-13-14-20)16-23(30)27-25-26-22(19-9-5-17(2)6-10-19)15-29(25)21-11-7-18(3)8-12-21/h5-12,15,20H,4,13-14,16H2,1-3H3,(H,26,27,30). The third-order valence-electron chi connectivity index (χ3n) is 5.54. The van der Waals surface area contributed by atoms with Crippen molar-refractivity contribution in [3.8, 4) is 16.9 Å². The highest BCUT2D eigenvalue weighted by Crippen LogP contribution is 2.28. The molecule has 6 nitrogen and oxygen atoms in total. The molecule has 31 heavy (non-hydrogen) atoms. The van der Waals surface area contributed by atoms with Crippen LogP contribution in [0.3, 0.4) is 0 Å². The third kappa shape index (κ3) is 4.85. The van der Waals surface area contributed by atoms with Crippen molar-refractivity contribution in [2.45, 2.75) is 46.1 Å². The van der Waals surface area contributed by atoms with Gasteiger partial charge in [-0.25, -0.2) is 4.98 Å². The van der Waals surface area contributed by atoms with E-state index in [1.54, 1.807) is 4.90 Å². The second-order valence-corrected chi connectivity index (χ2v) is 8.18. The van der Waals surface area contributed by atoms with Crippen LogP contribution in [0.25, 0.3) is 16.9 Å². The molecule has 1 aromatic heterocycles. The summed E-state index contributed by atoms with van der Waals surface area (Å²) in [7, 11) is 0. The van der Waals surface area contributed by atoms with Gasteiger partial charge in [0.15, 0.2) is 0 Å². The predicted molar refractivity (Wildman–Crippen MR) is 122 cm³/mol. The molecule has 1 N–H and O–H groups in total. The summed E-state index contributed by atoms with van der Waals surface area (Å²) in [5.74, 6) is 0.229. The molecule has 1 saturated carbocycles. The monoisotopic (exact) mass is 416 g/mol. The molecule has 0 aliphatic heterocycles. The molecular weight excluding hydrogens is 388 g/mol. The first-order valence-electron chi connectivity index (χ1n) is 10.8. The molecule has 0 atom stereocenters. The van der Waals surface area contributed by atoms with E-state index in [4.69, 9.17) is 4.98 Å². The quantitative estimate of drug-likeness (QED) is 0.617. The summed E-state index contributed by atoms with van der Waals surface area (Å²) in [6, 6.07) is 16.4. The van der Waals surface area contributed by atoms with Crippen LogP contribution in [0.1, 0.15) is 37.3 Å². The first-order chi connectivity index (χ1) is 14.9. The fraction of sp³-hybridized carbons (Fsp3) is 0.320. The van der Waals surface area contributed by atoms with Gasteiger partial charge < -0.3 is 4.90 Å². The van der Waals surface area contributed by atoms with Gasteiger partial charge in [0.25, 0.3) is 0 Å². The van der Waals surface area contributed by atoms with Crippen molar-refractivity contribution in [3.05, 3.63) is 65.9 Å². The maximum atomic E-state index is 12.8. The normalized spacial score (nSPS) is 13.1. The average molecular weight is 417 g/mol. The Hall–Kier alpha value is -3.41. The van der Waals surface area contributed by atoms with E-state index in [0.29, 0.717) is 12.4 Å². The maximum Gasteiger partial charge on any atom is 0.246 e. The van der Waals surface area contributed by atoms with E-state index < -0.39 is 0 Å². The van der Waals surface area contributed by atoms with Crippen LogP contribution in [0.15, 0.2) is 54.7 Å². The fourth-order valence-corrected chi connectivity index (χ4v) is 3.56. The highest BCUT2D eigenvalue weighted by molar-refractivity contribution is 5.94. The largest absolute Gasteiger partial charge is 0.330 e. The lowest BCUT2D eigenvalue weighted by atomic mass is 10.1. The van der Waals surface area contributed by atoms with Crippen molar-refractivity contribution in [2.24, 2.45) is 0 Å². The van der Waals surface area contributed by atoms with E-state index in [1.165, 1.54) is 5.56 Å². The molecule has 3 aromatic rings. The summed E-state index contributed by atoms with van der Waals surface area (Å²) < 4.78 is 1.88. The first-order valence-corrected chi connectivity index (χ1v) is 10.8. The molecule has 0 saturated heterocycles. The molecule has 0 spiro atoms. The van der Waals surface area contributed by atoms with Crippen molar-refractivity contribution in [2.75, 3.05) is 11.9 Å². The zero-order valence-corrected chi connectivity index (χ0v) is 18.3. The van der Waals surface area contributed by atoms with Crippen molar-refractivity contribution in [1.29, 1.82) is 0 Å². The molecular formula is C25H28N4O2. The Balaban J connectivity index is 1.63. The third-order valence-corrected chi connectivity index (χ3v) is 5.54. The van der Waals surface area contributed by atoms with E-state index in [2.05, 4.69) is 5.32 Å². The molecule has 6 heteroatoms. The summed E-state index contributed by atoms with van der Waals surface area (Å²) in [4.78, 5) is 31.5. The van der Waals surface area contributed by atoms with Crippen LogP contribution >= 0.6 is 0 Å². The van der Waals surface area contributed by atoms with Gasteiger partial charge in [-0.1, -0.05) is 54.4 Å². The van der Waals surface area contributed by atoms with Crippen molar-refractivity contribution < 1.29 is 9.59 Å². The first kappa shape index (κ1) is 20.8. The van der Waals surface area contributed by atoms with Gasteiger partial charge in [-0.05, 0) is 38.8 Å². The van der Waals surface area contributed by atoms with Crippen LogP contribution in [0.2, 0.25) is 0 Å². The highest BCUT2D eigenvalue weighted by Gasteiger charge is 2.33. The number of imidazole rings is 1. The van der Waals surface area contributed by atoms with Crippen molar-refractivity contribution in [1.82, 2.24) is 14.5 Å². The molecule has 1 fully saturated rings. The van der Waals surface area contributed by atoms with E-state index in [0.717, 1.165) is 35.3 Å². The van der Waals surface area contributed by atoms with E-state index in [1.807, 2.05) is 80.1 Å². The second-order valence-electron chi connectivity index (χ2n) is 8.18. The van der Waals surface area contributed by atoms with Crippen LogP contribution < -0.4 is 5.32 Å². The summed E-state index contributed by atoms with van der Waals surface area (Å²) >= 11 is 0. The Morgan fingerprint density at radius 3 is 2.23 bits per heavy atom. The number of amides is 2. The van der Waals surface area contributed by atoms with Crippen LogP contribution in [-0.2, 0) is 9.59 Å². The average Bonchev–Trinajstić information content (AvgIpc) is 3.53. The van der Waals surface area contributed by atoms with Gasteiger partial charge in [0, 0.05) is 29.9 Å². The number of carbonyl (C=O) groups excluding carboxylic acids is 2. The maximum absolute atomic E-state index is 12.8. The Morgan fingerprint density at radius 1 is 1.03 bits per heavy atom. The van der Waals surface area contributed by atoms with Crippen LogP contribution in [0.4, 0.5) is 5.95 Å². The molecule has 0 bridgehead atoms. The van der Waals surface area contributed by atoms with Gasteiger partial charge in [-0.2, -0.15) is 0 Å². The SMILES string of the molecule is CCC(=O)N(CC(=O)Nc1nc(-c2ccc(C)cc2)cn1-c1ccc(C)cc1)C1CC1. The van der Waals surface area contributed by atoms with Gasteiger partial charge >= 0.3 is 0 Å². The lowest BCUT2D eigenvalue weighted by molar-refractivity contribution is -0.135. The smallest absolute Gasteiger partial charge is 0.246 e. The number of nitrogens with one attached hydrogen (secondary N) is 1. The zero-order chi connectivity index (χ0) is 22.0. The second kappa shape index (κ2) is 8.76. The van der Waals surface area contributed by atoms with Crippen LogP contribution in [0, 0.1) is 13.8 Å². The zero-order valence-electron chi connectivity index (χ0n) is 18.3. The van der Waals surface area contributed by atoms with E-state index >= 15 is 0 Å². The molecule has 4 rings (SSSR count). The lowest BCUT2D eigenvalue weighted by Gasteiger charge is -2.21. The highest BCUT2D eigenvalue weighted by atomic mass is 16.2. The molecule has 1 heterocycles. The molecule has 2 amide bonds. The topological polar surface area (TPSA) is 67.2 Å². The number of carbonyl (C=O) groups is 2. The molecule has 160 valence electrons. The lowest BCUT2D eigenvalue weighted by Crippen LogP contribution is -2.39. The minimum Gasteiger partial charge on any atom is -0.330 e. The van der Waals surface area contributed by atoms with Crippen LogP contribution in [0.5, 0.6) is 0 Å². The van der Waals surface area contributed by atoms with Gasteiger partial charge in [0.1, 0.15) is 6.54 Å². The number of anilines is 1.